The number of carbonyl (C=O) groups is 1. The smallest absolute Gasteiger partial charge is 0.309 e. The summed E-state index contributed by atoms with van der Waals surface area (Å²) in [6.07, 6.45) is 0. The highest BCUT2D eigenvalue weighted by Crippen LogP contribution is 2.27. The Kier molecular flexibility index (Phi) is 5.71. The van der Waals surface area contributed by atoms with Gasteiger partial charge < -0.3 is 9.47 Å². The first kappa shape index (κ1) is 17.9. The maximum Gasteiger partial charge on any atom is 0.309 e. The molecule has 0 aliphatic carbocycles. The molecule has 25 heavy (non-hydrogen) atoms. The topological polar surface area (TPSA) is 52.6 Å². The van der Waals surface area contributed by atoms with Crippen LogP contribution in [0.3, 0.4) is 0 Å². The summed E-state index contributed by atoms with van der Waals surface area (Å²) in [5, 5.41) is 1.93. The van der Waals surface area contributed by atoms with Crippen LogP contribution in [0.15, 0.2) is 47.3 Å². The predicted octanol–water partition coefficient (Wildman–Crippen LogP) is 4.37. The van der Waals surface area contributed by atoms with E-state index in [1.807, 2.05) is 36.4 Å². The highest BCUT2D eigenvalue weighted by atomic mass is 79.9. The molecule has 0 N–H and O–H groups in total. The van der Waals surface area contributed by atoms with Crippen molar-refractivity contribution in [3.8, 4) is 5.75 Å². The van der Waals surface area contributed by atoms with Crippen LogP contribution >= 0.6 is 27.3 Å². The van der Waals surface area contributed by atoms with Gasteiger partial charge in [-0.1, -0.05) is 35.0 Å². The maximum atomic E-state index is 12.6. The van der Waals surface area contributed by atoms with Crippen LogP contribution in [0.5, 0.6) is 5.75 Å². The monoisotopic (exact) mass is 420 g/mol. The van der Waals surface area contributed by atoms with Gasteiger partial charge in [0.2, 0.25) is 0 Å². The standard InChI is InChI=1S/C19H17BrO4S/c1-12(11-20)19(22)24-9-8-23-13-6-7-17-15(10-13)18(21)14-4-2-3-5-16(14)25-17/h2-7,10,12H,8-9,11H2,1H3. The van der Waals surface area contributed by atoms with Gasteiger partial charge in [-0.3, -0.25) is 9.59 Å². The largest absolute Gasteiger partial charge is 0.490 e. The minimum atomic E-state index is -0.255. The second-order valence-corrected chi connectivity index (χ2v) is 7.39. The Labute approximate surface area is 157 Å². The molecule has 6 heteroatoms. The molecule has 0 fully saturated rings. The van der Waals surface area contributed by atoms with Crippen molar-refractivity contribution in [2.75, 3.05) is 18.5 Å². The first-order valence-electron chi connectivity index (χ1n) is 7.91. The summed E-state index contributed by atoms with van der Waals surface area (Å²) >= 11 is 4.83. The van der Waals surface area contributed by atoms with E-state index in [-0.39, 0.29) is 30.5 Å². The fraction of sp³-hybridized carbons (Fsp3) is 0.263. The van der Waals surface area contributed by atoms with E-state index < -0.39 is 0 Å². The zero-order valence-corrected chi connectivity index (χ0v) is 16.1. The molecule has 1 unspecified atom stereocenters. The van der Waals surface area contributed by atoms with Crippen LogP contribution in [0.1, 0.15) is 6.92 Å². The summed E-state index contributed by atoms with van der Waals surface area (Å²) in [5.41, 5.74) is 0.00683. The quantitative estimate of drug-likeness (QED) is 0.257. The first-order valence-corrected chi connectivity index (χ1v) is 9.85. The van der Waals surface area contributed by atoms with Gasteiger partial charge in [-0.2, -0.15) is 0 Å². The molecule has 0 spiro atoms. The average molecular weight is 421 g/mol. The second-order valence-electron chi connectivity index (χ2n) is 5.66. The molecule has 0 amide bonds. The van der Waals surface area contributed by atoms with Crippen LogP contribution < -0.4 is 10.2 Å². The fourth-order valence-electron chi connectivity index (χ4n) is 2.38. The number of ether oxygens (including phenoxy) is 2. The third kappa shape index (κ3) is 4.02. The van der Waals surface area contributed by atoms with Gasteiger partial charge in [-0.05, 0) is 30.3 Å². The van der Waals surface area contributed by atoms with Gasteiger partial charge in [0.25, 0.3) is 0 Å². The normalized spacial score (nSPS) is 12.2. The Morgan fingerprint density at radius 3 is 2.68 bits per heavy atom. The summed E-state index contributed by atoms with van der Waals surface area (Å²) in [7, 11) is 0. The van der Waals surface area contributed by atoms with Crippen molar-refractivity contribution >= 4 is 53.4 Å². The molecular weight excluding hydrogens is 404 g/mol. The minimum absolute atomic E-state index is 0.00683. The number of benzene rings is 2. The highest BCUT2D eigenvalue weighted by Gasteiger charge is 2.12. The first-order chi connectivity index (χ1) is 12.1. The summed E-state index contributed by atoms with van der Waals surface area (Å²) in [6, 6.07) is 13.1. The highest BCUT2D eigenvalue weighted by molar-refractivity contribution is 9.09. The van der Waals surface area contributed by atoms with E-state index in [9.17, 15) is 9.59 Å². The van der Waals surface area contributed by atoms with Crippen LogP contribution in [0.4, 0.5) is 0 Å². The molecule has 0 saturated carbocycles. The van der Waals surface area contributed by atoms with E-state index in [2.05, 4.69) is 15.9 Å². The Morgan fingerprint density at radius 2 is 1.88 bits per heavy atom. The second kappa shape index (κ2) is 7.97. The maximum absolute atomic E-state index is 12.6. The molecule has 4 nitrogen and oxygen atoms in total. The molecule has 3 aromatic rings. The number of halogens is 1. The van der Waals surface area contributed by atoms with Gasteiger partial charge in [-0.25, -0.2) is 0 Å². The molecule has 130 valence electrons. The zero-order valence-electron chi connectivity index (χ0n) is 13.7. The van der Waals surface area contributed by atoms with Crippen molar-refractivity contribution < 1.29 is 14.3 Å². The Bertz CT molecular complexity index is 966. The van der Waals surface area contributed by atoms with Crippen LogP contribution in [0.2, 0.25) is 0 Å². The SMILES string of the molecule is CC(CBr)C(=O)OCCOc1ccc2sc3ccccc3c(=O)c2c1. The van der Waals surface area contributed by atoms with Crippen molar-refractivity contribution in [3.05, 3.63) is 52.7 Å². The van der Waals surface area contributed by atoms with Crippen LogP contribution in [-0.2, 0) is 9.53 Å². The van der Waals surface area contributed by atoms with Crippen LogP contribution in [0.25, 0.3) is 20.2 Å². The molecule has 2 aromatic carbocycles. The third-order valence-electron chi connectivity index (χ3n) is 3.78. The van der Waals surface area contributed by atoms with Crippen molar-refractivity contribution in [1.82, 2.24) is 0 Å². The molecule has 3 rings (SSSR count). The molecular formula is C19H17BrO4S. The number of esters is 1. The number of fused-ring (bicyclic) bond motifs is 2. The summed E-state index contributed by atoms with van der Waals surface area (Å²) in [5.74, 6) is 0.157. The lowest BCUT2D eigenvalue weighted by atomic mass is 10.2. The Balaban J connectivity index is 1.73. The van der Waals surface area contributed by atoms with Gasteiger partial charge in [0, 0.05) is 25.5 Å². The molecule has 0 aliphatic heterocycles. The number of carbonyl (C=O) groups excluding carboxylic acids is 1. The molecule has 1 atom stereocenters. The fourth-order valence-corrected chi connectivity index (χ4v) is 3.70. The molecule has 0 bridgehead atoms. The predicted molar refractivity (Wildman–Crippen MR) is 105 cm³/mol. The van der Waals surface area contributed by atoms with Gasteiger partial charge in [-0.15, -0.1) is 11.3 Å². The number of hydrogen-bond donors (Lipinski definition) is 0. The van der Waals surface area contributed by atoms with E-state index in [0.29, 0.717) is 16.5 Å². The molecule has 1 aromatic heterocycles. The Morgan fingerprint density at radius 1 is 1.12 bits per heavy atom. The van der Waals surface area contributed by atoms with E-state index >= 15 is 0 Å². The lowest BCUT2D eigenvalue weighted by molar-refractivity contribution is -0.147. The molecule has 0 aliphatic rings. The lowest BCUT2D eigenvalue weighted by Gasteiger charge is -2.10. The number of alkyl halides is 1. The number of hydrogen-bond acceptors (Lipinski definition) is 5. The van der Waals surface area contributed by atoms with E-state index in [1.165, 1.54) is 0 Å². The van der Waals surface area contributed by atoms with E-state index in [1.54, 1.807) is 24.3 Å². The summed E-state index contributed by atoms with van der Waals surface area (Å²) in [6.45, 7) is 2.22. The van der Waals surface area contributed by atoms with E-state index in [4.69, 9.17) is 9.47 Å². The summed E-state index contributed by atoms with van der Waals surface area (Å²) < 4.78 is 12.7. The summed E-state index contributed by atoms with van der Waals surface area (Å²) in [4.78, 5) is 24.2. The van der Waals surface area contributed by atoms with Crippen molar-refractivity contribution in [2.24, 2.45) is 5.92 Å². The lowest BCUT2D eigenvalue weighted by Crippen LogP contribution is -2.19. The van der Waals surface area contributed by atoms with Crippen molar-refractivity contribution in [2.45, 2.75) is 6.92 Å². The molecule has 1 heterocycles. The zero-order chi connectivity index (χ0) is 17.8. The molecule has 0 saturated heterocycles. The van der Waals surface area contributed by atoms with Crippen molar-refractivity contribution in [3.63, 3.8) is 0 Å². The van der Waals surface area contributed by atoms with Gasteiger partial charge in [0.15, 0.2) is 5.43 Å². The van der Waals surface area contributed by atoms with E-state index in [0.717, 1.165) is 14.8 Å². The average Bonchev–Trinajstić information content (AvgIpc) is 2.65. The minimum Gasteiger partial charge on any atom is -0.490 e. The molecule has 0 radical (unpaired) electrons. The number of rotatable bonds is 6. The van der Waals surface area contributed by atoms with Gasteiger partial charge in [0.05, 0.1) is 5.92 Å². The Hall–Kier alpha value is -1.92. The van der Waals surface area contributed by atoms with Crippen molar-refractivity contribution in [1.29, 1.82) is 0 Å². The van der Waals surface area contributed by atoms with Crippen LogP contribution in [-0.4, -0.2) is 24.5 Å². The van der Waals surface area contributed by atoms with Gasteiger partial charge >= 0.3 is 5.97 Å². The van der Waals surface area contributed by atoms with Gasteiger partial charge in [0.1, 0.15) is 19.0 Å². The van der Waals surface area contributed by atoms with Crippen LogP contribution in [0, 0.1) is 5.92 Å². The third-order valence-corrected chi connectivity index (χ3v) is 5.90.